The van der Waals surface area contributed by atoms with Crippen LogP contribution in [0.3, 0.4) is 0 Å². The minimum atomic E-state index is -3.78. The minimum absolute atomic E-state index is 0.0818. The number of sulfonamides is 1. The summed E-state index contributed by atoms with van der Waals surface area (Å²) in [6.45, 7) is 0.835. The molecule has 1 saturated heterocycles. The number of nitro groups is 1. The third kappa shape index (κ3) is 5.13. The Morgan fingerprint density at radius 2 is 1.65 bits per heavy atom. The Balaban J connectivity index is 1.45. The Kier molecular flexibility index (Phi) is 6.80. The van der Waals surface area contributed by atoms with Crippen LogP contribution in [0.15, 0.2) is 95.1 Å². The lowest BCUT2D eigenvalue weighted by Crippen LogP contribution is -2.27. The van der Waals surface area contributed by atoms with Crippen molar-refractivity contribution < 1.29 is 13.3 Å². The van der Waals surface area contributed by atoms with Gasteiger partial charge in [-0.2, -0.15) is 14.5 Å². The van der Waals surface area contributed by atoms with Gasteiger partial charge in [-0.15, -0.1) is 0 Å². The van der Waals surface area contributed by atoms with Gasteiger partial charge in [-0.3, -0.25) is 15.5 Å². The van der Waals surface area contributed by atoms with Gasteiger partial charge in [-0.1, -0.05) is 48.5 Å². The summed E-state index contributed by atoms with van der Waals surface area (Å²) in [5, 5.41) is 20.7. The van der Waals surface area contributed by atoms with Crippen molar-refractivity contribution in [1.82, 2.24) is 14.1 Å². The summed E-state index contributed by atoms with van der Waals surface area (Å²) in [5.41, 5.74) is 5.56. The molecule has 2 heterocycles. The van der Waals surface area contributed by atoms with Crippen LogP contribution in [0.25, 0.3) is 16.9 Å². The number of hydrogen-bond acceptors (Lipinski definition) is 7. The maximum Gasteiger partial charge on any atom is 0.295 e. The largest absolute Gasteiger partial charge is 0.295 e. The molecule has 1 aromatic heterocycles. The molecule has 188 valence electrons. The lowest BCUT2D eigenvalue weighted by atomic mass is 10.1. The lowest BCUT2D eigenvalue weighted by molar-refractivity contribution is -0.384. The molecule has 0 amide bonds. The standard InChI is InChI=1S/C26H24N6O4S/c33-32(34)25-17-23(37(35,36)30-15-7-8-16-30)13-14-24(25)28-27-18-21-19-31(22-11-5-2-6-12-22)29-26(21)20-9-3-1-4-10-20/h1-6,9-14,17-19,28H,7-8,15-16H2. The smallest absolute Gasteiger partial charge is 0.272 e. The maximum atomic E-state index is 12.9. The molecule has 1 aliphatic heterocycles. The van der Waals surface area contributed by atoms with E-state index in [1.54, 1.807) is 4.68 Å². The number of benzene rings is 3. The summed E-state index contributed by atoms with van der Waals surface area (Å²) in [6.07, 6.45) is 4.92. The van der Waals surface area contributed by atoms with Crippen molar-refractivity contribution in [3.8, 4) is 16.9 Å². The number of hydrogen-bond donors (Lipinski definition) is 1. The van der Waals surface area contributed by atoms with Gasteiger partial charge in [0.1, 0.15) is 11.4 Å². The molecule has 0 bridgehead atoms. The van der Waals surface area contributed by atoms with Crippen molar-refractivity contribution >= 4 is 27.6 Å². The molecule has 0 radical (unpaired) electrons. The molecule has 1 fully saturated rings. The van der Waals surface area contributed by atoms with Crippen LogP contribution in [-0.2, 0) is 10.0 Å². The number of para-hydroxylation sites is 1. The lowest BCUT2D eigenvalue weighted by Gasteiger charge is -2.15. The highest BCUT2D eigenvalue weighted by atomic mass is 32.2. The molecule has 1 aliphatic rings. The molecule has 0 aliphatic carbocycles. The minimum Gasteiger partial charge on any atom is -0.272 e. The molecule has 5 rings (SSSR count). The fourth-order valence-corrected chi connectivity index (χ4v) is 5.72. The summed E-state index contributed by atoms with van der Waals surface area (Å²) < 4.78 is 28.8. The van der Waals surface area contributed by atoms with E-state index in [9.17, 15) is 18.5 Å². The van der Waals surface area contributed by atoms with E-state index in [4.69, 9.17) is 5.10 Å². The molecule has 37 heavy (non-hydrogen) atoms. The second-order valence-electron chi connectivity index (χ2n) is 8.50. The summed E-state index contributed by atoms with van der Waals surface area (Å²) >= 11 is 0. The Bertz CT molecular complexity index is 1550. The van der Waals surface area contributed by atoms with Gasteiger partial charge in [0.05, 0.1) is 21.7 Å². The molecule has 3 aromatic carbocycles. The van der Waals surface area contributed by atoms with Crippen LogP contribution in [-0.4, -0.2) is 46.7 Å². The van der Waals surface area contributed by atoms with E-state index < -0.39 is 14.9 Å². The van der Waals surface area contributed by atoms with Gasteiger partial charge in [0.2, 0.25) is 10.0 Å². The number of nitro benzene ring substituents is 1. The first-order valence-electron chi connectivity index (χ1n) is 11.7. The highest BCUT2D eigenvalue weighted by Gasteiger charge is 2.29. The quantitative estimate of drug-likeness (QED) is 0.206. The molecule has 0 atom stereocenters. The first-order chi connectivity index (χ1) is 17.9. The van der Waals surface area contributed by atoms with Gasteiger partial charge in [-0.25, -0.2) is 13.1 Å². The number of rotatable bonds is 8. The second-order valence-corrected chi connectivity index (χ2v) is 10.4. The molecule has 4 aromatic rings. The van der Waals surface area contributed by atoms with Crippen LogP contribution < -0.4 is 5.43 Å². The first-order valence-corrected chi connectivity index (χ1v) is 13.2. The van der Waals surface area contributed by atoms with E-state index >= 15 is 0 Å². The SMILES string of the molecule is O=[N+]([O-])c1cc(S(=O)(=O)N2CCCC2)ccc1NN=Cc1cn(-c2ccccc2)nc1-c1ccccc1. The van der Waals surface area contributed by atoms with Gasteiger partial charge >= 0.3 is 0 Å². The molecule has 1 N–H and O–H groups in total. The molecule has 10 nitrogen and oxygen atoms in total. The monoisotopic (exact) mass is 516 g/mol. The zero-order valence-electron chi connectivity index (χ0n) is 19.8. The van der Waals surface area contributed by atoms with Crippen molar-refractivity contribution in [3.05, 3.63) is 101 Å². The predicted octanol–water partition coefficient (Wildman–Crippen LogP) is 4.68. The van der Waals surface area contributed by atoms with Crippen LogP contribution in [0.2, 0.25) is 0 Å². The van der Waals surface area contributed by atoms with Crippen LogP contribution >= 0.6 is 0 Å². The van der Waals surface area contributed by atoms with E-state index in [0.717, 1.165) is 30.2 Å². The molecular formula is C26H24N6O4S. The third-order valence-electron chi connectivity index (χ3n) is 6.07. The molecule has 11 heteroatoms. The Hall–Kier alpha value is -4.35. The van der Waals surface area contributed by atoms with E-state index in [1.807, 2.05) is 66.9 Å². The average molecular weight is 517 g/mol. The zero-order valence-corrected chi connectivity index (χ0v) is 20.6. The molecular weight excluding hydrogens is 492 g/mol. The number of nitrogens with zero attached hydrogens (tertiary/aromatic N) is 5. The molecule has 0 spiro atoms. The number of hydrazone groups is 1. The van der Waals surface area contributed by atoms with Gasteiger partial charge in [0.15, 0.2) is 0 Å². The van der Waals surface area contributed by atoms with Crippen LogP contribution in [0.1, 0.15) is 18.4 Å². The van der Waals surface area contributed by atoms with Crippen molar-refractivity contribution in [2.24, 2.45) is 5.10 Å². The second kappa shape index (κ2) is 10.3. The third-order valence-corrected chi connectivity index (χ3v) is 7.96. The summed E-state index contributed by atoms with van der Waals surface area (Å²) in [6, 6.07) is 23.0. The molecule has 0 unspecified atom stereocenters. The van der Waals surface area contributed by atoms with Crippen molar-refractivity contribution in [1.29, 1.82) is 0 Å². The van der Waals surface area contributed by atoms with Crippen molar-refractivity contribution in [2.75, 3.05) is 18.5 Å². The van der Waals surface area contributed by atoms with Gasteiger partial charge in [0.25, 0.3) is 5.69 Å². The van der Waals surface area contributed by atoms with Crippen LogP contribution in [0.4, 0.5) is 11.4 Å². The normalized spacial score (nSPS) is 14.3. The van der Waals surface area contributed by atoms with Gasteiger partial charge < -0.3 is 0 Å². The van der Waals surface area contributed by atoms with Crippen molar-refractivity contribution in [3.63, 3.8) is 0 Å². The van der Waals surface area contributed by atoms with E-state index in [1.165, 1.54) is 22.7 Å². The predicted molar refractivity (Wildman–Crippen MR) is 141 cm³/mol. The topological polar surface area (TPSA) is 123 Å². The van der Waals surface area contributed by atoms with Crippen LogP contribution in [0, 0.1) is 10.1 Å². The summed E-state index contributed by atoms with van der Waals surface area (Å²) in [7, 11) is -3.78. The van der Waals surface area contributed by atoms with Gasteiger partial charge in [0, 0.05) is 36.5 Å². The Morgan fingerprint density at radius 1 is 0.973 bits per heavy atom. The average Bonchev–Trinajstić information content (AvgIpc) is 3.61. The van der Waals surface area contributed by atoms with E-state index in [-0.39, 0.29) is 16.3 Å². The van der Waals surface area contributed by atoms with Crippen molar-refractivity contribution in [2.45, 2.75) is 17.7 Å². The highest BCUT2D eigenvalue weighted by molar-refractivity contribution is 7.89. The Labute approximate surface area is 214 Å². The van der Waals surface area contributed by atoms with Crippen LogP contribution in [0.5, 0.6) is 0 Å². The number of nitrogens with one attached hydrogen (secondary N) is 1. The van der Waals surface area contributed by atoms with E-state index in [2.05, 4.69) is 10.5 Å². The number of aromatic nitrogens is 2. The zero-order chi connectivity index (χ0) is 25.8. The van der Waals surface area contributed by atoms with E-state index in [0.29, 0.717) is 24.3 Å². The first kappa shape index (κ1) is 24.3. The summed E-state index contributed by atoms with van der Waals surface area (Å²) in [4.78, 5) is 11.0. The van der Waals surface area contributed by atoms with Gasteiger partial charge in [-0.05, 0) is 37.1 Å². The maximum absolute atomic E-state index is 12.9. The number of anilines is 1. The molecule has 0 saturated carbocycles. The Morgan fingerprint density at radius 3 is 2.32 bits per heavy atom. The highest BCUT2D eigenvalue weighted by Crippen LogP contribution is 2.30. The fourth-order valence-electron chi connectivity index (χ4n) is 4.18. The summed E-state index contributed by atoms with van der Waals surface area (Å²) in [5.74, 6) is 0. The fraction of sp³-hybridized carbons (Fsp3) is 0.154.